The van der Waals surface area contributed by atoms with Crippen molar-refractivity contribution < 1.29 is 4.79 Å². The number of benzene rings is 2. The minimum atomic E-state index is -0.777. The summed E-state index contributed by atoms with van der Waals surface area (Å²) >= 11 is 6.18. The van der Waals surface area contributed by atoms with Crippen molar-refractivity contribution in [3.05, 3.63) is 71.8 Å². The molecule has 3 nitrogen and oxygen atoms in total. The number of amides is 1. The lowest BCUT2D eigenvalue weighted by atomic mass is 10.1. The first-order chi connectivity index (χ1) is 10.6. The summed E-state index contributed by atoms with van der Waals surface area (Å²) in [7, 11) is 0. The SMILES string of the molecule is CC(NC(=O)C(Cl)NC(C)c1ccccc1)c1ccccc1. The van der Waals surface area contributed by atoms with Gasteiger partial charge in [-0.1, -0.05) is 72.3 Å². The average Bonchev–Trinajstić information content (AvgIpc) is 2.56. The van der Waals surface area contributed by atoms with E-state index in [1.807, 2.05) is 74.5 Å². The average molecular weight is 317 g/mol. The summed E-state index contributed by atoms with van der Waals surface area (Å²) in [5, 5.41) is 6.03. The first kappa shape index (κ1) is 16.5. The molecule has 3 atom stereocenters. The molecule has 0 aliphatic heterocycles. The van der Waals surface area contributed by atoms with E-state index in [0.29, 0.717) is 0 Å². The van der Waals surface area contributed by atoms with Crippen molar-refractivity contribution in [1.29, 1.82) is 0 Å². The Hall–Kier alpha value is -1.84. The van der Waals surface area contributed by atoms with Crippen LogP contribution in [0, 0.1) is 0 Å². The van der Waals surface area contributed by atoms with Crippen molar-refractivity contribution in [3.63, 3.8) is 0 Å². The number of rotatable bonds is 6. The predicted octanol–water partition coefficient (Wildman–Crippen LogP) is 3.78. The number of hydrogen-bond acceptors (Lipinski definition) is 2. The third-order valence-corrected chi connectivity index (χ3v) is 3.91. The summed E-state index contributed by atoms with van der Waals surface area (Å²) in [6.45, 7) is 3.93. The van der Waals surface area contributed by atoms with Crippen molar-refractivity contribution >= 4 is 17.5 Å². The molecule has 0 saturated carbocycles. The molecule has 0 aliphatic carbocycles. The first-order valence-electron chi connectivity index (χ1n) is 7.38. The van der Waals surface area contributed by atoms with E-state index < -0.39 is 5.50 Å². The van der Waals surface area contributed by atoms with Gasteiger partial charge < -0.3 is 5.32 Å². The van der Waals surface area contributed by atoms with Crippen LogP contribution in [0.4, 0.5) is 0 Å². The largest absolute Gasteiger partial charge is 0.347 e. The summed E-state index contributed by atoms with van der Waals surface area (Å²) in [5.41, 5.74) is 1.37. The fourth-order valence-electron chi connectivity index (χ4n) is 2.24. The van der Waals surface area contributed by atoms with E-state index in [1.54, 1.807) is 0 Å². The lowest BCUT2D eigenvalue weighted by Crippen LogP contribution is -2.42. The number of nitrogens with one attached hydrogen (secondary N) is 2. The molecule has 0 spiro atoms. The summed E-state index contributed by atoms with van der Waals surface area (Å²) in [6, 6.07) is 19.6. The summed E-state index contributed by atoms with van der Waals surface area (Å²) in [5.74, 6) is -0.221. The quantitative estimate of drug-likeness (QED) is 0.629. The second kappa shape index (κ2) is 7.97. The van der Waals surface area contributed by atoms with Gasteiger partial charge in [-0.25, -0.2) is 0 Å². The molecule has 2 aromatic rings. The Balaban J connectivity index is 1.89. The van der Waals surface area contributed by atoms with Gasteiger partial charge >= 0.3 is 0 Å². The Kier molecular flexibility index (Phi) is 5.99. The highest BCUT2D eigenvalue weighted by molar-refractivity contribution is 6.30. The first-order valence-corrected chi connectivity index (χ1v) is 7.82. The summed E-state index contributed by atoms with van der Waals surface area (Å²) in [4.78, 5) is 12.2. The maximum Gasteiger partial charge on any atom is 0.253 e. The summed E-state index contributed by atoms with van der Waals surface area (Å²) < 4.78 is 0. The minimum Gasteiger partial charge on any atom is -0.347 e. The molecule has 116 valence electrons. The topological polar surface area (TPSA) is 41.1 Å². The molecule has 2 rings (SSSR count). The van der Waals surface area contributed by atoms with Gasteiger partial charge in [0.05, 0.1) is 6.04 Å². The van der Waals surface area contributed by atoms with E-state index in [4.69, 9.17) is 11.6 Å². The highest BCUT2D eigenvalue weighted by atomic mass is 35.5. The monoisotopic (exact) mass is 316 g/mol. The van der Waals surface area contributed by atoms with E-state index in [1.165, 1.54) is 0 Å². The zero-order chi connectivity index (χ0) is 15.9. The maximum absolute atomic E-state index is 12.2. The number of carbonyl (C=O) groups is 1. The van der Waals surface area contributed by atoms with Crippen LogP contribution in [0.15, 0.2) is 60.7 Å². The van der Waals surface area contributed by atoms with Gasteiger partial charge in [0.15, 0.2) is 5.50 Å². The van der Waals surface area contributed by atoms with E-state index in [0.717, 1.165) is 11.1 Å². The van der Waals surface area contributed by atoms with Crippen molar-refractivity contribution in [2.24, 2.45) is 0 Å². The van der Waals surface area contributed by atoms with Gasteiger partial charge in [0, 0.05) is 6.04 Å². The van der Waals surface area contributed by atoms with Gasteiger partial charge in [-0.2, -0.15) is 0 Å². The van der Waals surface area contributed by atoms with Crippen LogP contribution in [0.25, 0.3) is 0 Å². The molecular formula is C18H21ClN2O. The molecule has 2 aromatic carbocycles. The van der Waals surface area contributed by atoms with Crippen molar-refractivity contribution in [1.82, 2.24) is 10.6 Å². The van der Waals surface area contributed by atoms with E-state index in [9.17, 15) is 4.79 Å². The van der Waals surface area contributed by atoms with Gasteiger partial charge in [0.2, 0.25) is 0 Å². The Morgan fingerprint density at radius 1 is 0.864 bits per heavy atom. The fraction of sp³-hybridized carbons (Fsp3) is 0.278. The number of halogens is 1. The molecule has 0 radical (unpaired) electrons. The number of carbonyl (C=O) groups excluding carboxylic acids is 1. The van der Waals surface area contributed by atoms with Crippen LogP contribution >= 0.6 is 11.6 Å². The lowest BCUT2D eigenvalue weighted by Gasteiger charge is -2.21. The second-order valence-corrected chi connectivity index (χ2v) is 5.74. The predicted molar refractivity (Wildman–Crippen MR) is 90.6 cm³/mol. The molecule has 0 aromatic heterocycles. The maximum atomic E-state index is 12.2. The summed E-state index contributed by atoms with van der Waals surface area (Å²) in [6.07, 6.45) is 0. The van der Waals surface area contributed by atoms with E-state index in [-0.39, 0.29) is 18.0 Å². The molecule has 0 aliphatic rings. The van der Waals surface area contributed by atoms with Crippen molar-refractivity contribution in [3.8, 4) is 0 Å². The smallest absolute Gasteiger partial charge is 0.253 e. The molecule has 22 heavy (non-hydrogen) atoms. The van der Waals surface area contributed by atoms with Crippen LogP contribution in [0.5, 0.6) is 0 Å². The molecule has 2 N–H and O–H groups in total. The van der Waals surface area contributed by atoms with Crippen LogP contribution in [-0.2, 0) is 4.79 Å². The molecule has 0 saturated heterocycles. The van der Waals surface area contributed by atoms with Gasteiger partial charge in [-0.3, -0.25) is 10.1 Å². The molecular weight excluding hydrogens is 296 g/mol. The third kappa shape index (κ3) is 4.58. The normalized spacial score (nSPS) is 14.9. The van der Waals surface area contributed by atoms with Crippen LogP contribution < -0.4 is 10.6 Å². The molecule has 0 fully saturated rings. The van der Waals surface area contributed by atoms with Crippen molar-refractivity contribution in [2.75, 3.05) is 0 Å². The van der Waals surface area contributed by atoms with Gasteiger partial charge in [-0.05, 0) is 25.0 Å². The Bertz CT molecular complexity index is 589. The van der Waals surface area contributed by atoms with Crippen LogP contribution in [0.1, 0.15) is 37.1 Å². The third-order valence-electron chi connectivity index (χ3n) is 3.58. The lowest BCUT2D eigenvalue weighted by molar-refractivity contribution is -0.122. The number of hydrogen-bond donors (Lipinski definition) is 2. The zero-order valence-corrected chi connectivity index (χ0v) is 13.5. The van der Waals surface area contributed by atoms with Gasteiger partial charge in [0.25, 0.3) is 5.91 Å². The molecule has 4 heteroatoms. The van der Waals surface area contributed by atoms with E-state index in [2.05, 4.69) is 10.6 Å². The standard InChI is InChI=1S/C18H21ClN2O/c1-13(15-9-5-3-6-10-15)20-17(19)18(22)21-14(2)16-11-7-4-8-12-16/h3-14,17,20H,1-2H3,(H,21,22). The van der Waals surface area contributed by atoms with E-state index >= 15 is 0 Å². The molecule has 1 amide bonds. The fourth-order valence-corrected chi connectivity index (χ4v) is 2.50. The molecule has 3 unspecified atom stereocenters. The van der Waals surface area contributed by atoms with Gasteiger partial charge in [-0.15, -0.1) is 0 Å². The van der Waals surface area contributed by atoms with Crippen LogP contribution in [-0.4, -0.2) is 11.4 Å². The number of alkyl halides is 1. The Labute approximate surface area is 136 Å². The Morgan fingerprint density at radius 2 is 1.32 bits per heavy atom. The highest BCUT2D eigenvalue weighted by Crippen LogP contribution is 2.15. The van der Waals surface area contributed by atoms with Crippen LogP contribution in [0.3, 0.4) is 0 Å². The second-order valence-electron chi connectivity index (χ2n) is 5.30. The zero-order valence-electron chi connectivity index (χ0n) is 12.8. The Morgan fingerprint density at radius 3 is 1.82 bits per heavy atom. The van der Waals surface area contributed by atoms with Crippen molar-refractivity contribution in [2.45, 2.75) is 31.4 Å². The molecule has 0 bridgehead atoms. The van der Waals surface area contributed by atoms with Gasteiger partial charge in [0.1, 0.15) is 0 Å². The molecule has 0 heterocycles. The minimum absolute atomic E-state index is 0.00137. The highest BCUT2D eigenvalue weighted by Gasteiger charge is 2.20. The van der Waals surface area contributed by atoms with Crippen LogP contribution in [0.2, 0.25) is 0 Å².